The van der Waals surface area contributed by atoms with E-state index in [4.69, 9.17) is 10.8 Å². The second-order valence-electron chi connectivity index (χ2n) is 5.03. The molecule has 0 amide bonds. The van der Waals surface area contributed by atoms with Crippen LogP contribution in [-0.2, 0) is 10.0 Å². The molecule has 2 unspecified atom stereocenters. The predicted octanol–water partition coefficient (Wildman–Crippen LogP) is 1.18. The lowest BCUT2D eigenvalue weighted by atomic mass is 10.1. The molecule has 0 fully saturated rings. The molecule has 6 heteroatoms. The summed E-state index contributed by atoms with van der Waals surface area (Å²) in [6, 6.07) is 2.85. The minimum absolute atomic E-state index is 0.0708. The lowest BCUT2D eigenvalue weighted by molar-refractivity contribution is 0.216. The highest BCUT2D eigenvalue weighted by atomic mass is 32.2. The Hall–Kier alpha value is -1.11. The molecule has 0 aliphatic carbocycles. The SMILES string of the molecule is Cc1cc(N)cc(S(=O)(=O)NC(C)C(C)CO)c1C. The number of nitrogen functional groups attached to an aromatic ring is 1. The van der Waals surface area contributed by atoms with E-state index in [9.17, 15) is 8.42 Å². The Morgan fingerprint density at radius 1 is 1.32 bits per heavy atom. The number of nitrogens with two attached hydrogens (primary N) is 1. The summed E-state index contributed by atoms with van der Waals surface area (Å²) in [6.07, 6.45) is 0. The van der Waals surface area contributed by atoms with Crippen molar-refractivity contribution in [2.45, 2.75) is 38.6 Å². The number of aryl methyl sites for hydroxylation is 1. The zero-order valence-corrected chi connectivity index (χ0v) is 12.6. The van der Waals surface area contributed by atoms with Crippen molar-refractivity contribution in [3.8, 4) is 0 Å². The quantitative estimate of drug-likeness (QED) is 0.709. The minimum Gasteiger partial charge on any atom is -0.399 e. The fourth-order valence-corrected chi connectivity index (χ4v) is 3.42. The van der Waals surface area contributed by atoms with Crippen molar-refractivity contribution in [2.75, 3.05) is 12.3 Å². The first-order chi connectivity index (χ1) is 8.69. The van der Waals surface area contributed by atoms with Crippen LogP contribution >= 0.6 is 0 Å². The maximum Gasteiger partial charge on any atom is 0.241 e. The van der Waals surface area contributed by atoms with Gasteiger partial charge in [-0.2, -0.15) is 0 Å². The molecule has 0 saturated carbocycles. The molecule has 0 aromatic heterocycles. The van der Waals surface area contributed by atoms with Gasteiger partial charge < -0.3 is 10.8 Å². The van der Waals surface area contributed by atoms with Crippen molar-refractivity contribution in [1.29, 1.82) is 0 Å². The van der Waals surface area contributed by atoms with Crippen LogP contribution < -0.4 is 10.5 Å². The third kappa shape index (κ3) is 3.68. The molecule has 1 rings (SSSR count). The Kier molecular flexibility index (Phi) is 4.95. The number of anilines is 1. The summed E-state index contributed by atoms with van der Waals surface area (Å²) in [5.41, 5.74) is 7.65. The van der Waals surface area contributed by atoms with Gasteiger partial charge in [-0.05, 0) is 49.9 Å². The Labute approximate surface area is 114 Å². The van der Waals surface area contributed by atoms with Gasteiger partial charge in [-0.25, -0.2) is 13.1 Å². The van der Waals surface area contributed by atoms with Crippen LogP contribution in [-0.4, -0.2) is 26.2 Å². The van der Waals surface area contributed by atoms with E-state index in [0.29, 0.717) is 11.3 Å². The molecule has 2 atom stereocenters. The van der Waals surface area contributed by atoms with Gasteiger partial charge in [0, 0.05) is 18.3 Å². The molecule has 0 spiro atoms. The number of aliphatic hydroxyl groups excluding tert-OH is 1. The molecular formula is C13H22N2O3S. The number of sulfonamides is 1. The number of hydrogen-bond acceptors (Lipinski definition) is 4. The fraction of sp³-hybridized carbons (Fsp3) is 0.538. The summed E-state index contributed by atoms with van der Waals surface area (Å²) >= 11 is 0. The summed E-state index contributed by atoms with van der Waals surface area (Å²) in [7, 11) is -3.63. The largest absolute Gasteiger partial charge is 0.399 e. The summed E-state index contributed by atoms with van der Waals surface area (Å²) < 4.78 is 27.3. The normalized spacial score (nSPS) is 15.2. The smallest absolute Gasteiger partial charge is 0.241 e. The molecule has 1 aromatic rings. The van der Waals surface area contributed by atoms with Crippen LogP contribution in [0, 0.1) is 19.8 Å². The van der Waals surface area contributed by atoms with Gasteiger partial charge in [-0.1, -0.05) is 6.92 Å². The molecule has 0 heterocycles. The molecule has 108 valence electrons. The van der Waals surface area contributed by atoms with Gasteiger partial charge in [0.05, 0.1) is 4.90 Å². The molecular weight excluding hydrogens is 264 g/mol. The molecule has 1 aromatic carbocycles. The maximum absolute atomic E-state index is 12.3. The molecule has 0 aliphatic rings. The summed E-state index contributed by atoms with van der Waals surface area (Å²) in [6.45, 7) is 7.02. The van der Waals surface area contributed by atoms with Gasteiger partial charge in [0.15, 0.2) is 0 Å². The second kappa shape index (κ2) is 5.90. The molecule has 0 aliphatic heterocycles. The Bertz CT molecular complexity index is 555. The zero-order valence-electron chi connectivity index (χ0n) is 11.8. The highest BCUT2D eigenvalue weighted by Gasteiger charge is 2.23. The molecule has 4 N–H and O–H groups in total. The third-order valence-electron chi connectivity index (χ3n) is 3.41. The van der Waals surface area contributed by atoms with E-state index < -0.39 is 10.0 Å². The van der Waals surface area contributed by atoms with Crippen LogP contribution in [0.4, 0.5) is 5.69 Å². The van der Waals surface area contributed by atoms with Gasteiger partial charge in [0.1, 0.15) is 0 Å². The first kappa shape index (κ1) is 15.9. The highest BCUT2D eigenvalue weighted by molar-refractivity contribution is 7.89. The number of benzene rings is 1. The molecule has 0 bridgehead atoms. The standard InChI is InChI=1S/C13H22N2O3S/c1-8-5-12(14)6-13(10(8)3)19(17,18)15-11(4)9(2)7-16/h5-6,9,11,15-16H,7,14H2,1-4H3. The van der Waals surface area contributed by atoms with Crippen LogP contribution in [0.5, 0.6) is 0 Å². The van der Waals surface area contributed by atoms with Gasteiger partial charge in [-0.15, -0.1) is 0 Å². The van der Waals surface area contributed by atoms with Crippen LogP contribution in [0.2, 0.25) is 0 Å². The lowest BCUT2D eigenvalue weighted by Crippen LogP contribution is -2.38. The van der Waals surface area contributed by atoms with Gasteiger partial charge in [0.2, 0.25) is 10.0 Å². The molecule has 0 radical (unpaired) electrons. The van der Waals surface area contributed by atoms with Crippen LogP contribution in [0.1, 0.15) is 25.0 Å². The third-order valence-corrected chi connectivity index (χ3v) is 5.10. The van der Waals surface area contributed by atoms with Gasteiger partial charge in [-0.3, -0.25) is 0 Å². The lowest BCUT2D eigenvalue weighted by Gasteiger charge is -2.20. The van der Waals surface area contributed by atoms with E-state index in [1.165, 1.54) is 6.07 Å². The van der Waals surface area contributed by atoms with E-state index in [1.54, 1.807) is 26.8 Å². The van der Waals surface area contributed by atoms with Crippen molar-refractivity contribution in [3.63, 3.8) is 0 Å². The van der Waals surface area contributed by atoms with Crippen molar-refractivity contribution in [1.82, 2.24) is 4.72 Å². The summed E-state index contributed by atoms with van der Waals surface area (Å²) in [4.78, 5) is 0.196. The topological polar surface area (TPSA) is 92.4 Å². The van der Waals surface area contributed by atoms with Gasteiger partial charge in [0.25, 0.3) is 0 Å². The Morgan fingerprint density at radius 2 is 1.89 bits per heavy atom. The minimum atomic E-state index is -3.63. The van der Waals surface area contributed by atoms with E-state index >= 15 is 0 Å². The van der Waals surface area contributed by atoms with E-state index in [-0.39, 0.29) is 23.5 Å². The van der Waals surface area contributed by atoms with Crippen molar-refractivity contribution >= 4 is 15.7 Å². The van der Waals surface area contributed by atoms with Crippen molar-refractivity contribution < 1.29 is 13.5 Å². The summed E-state index contributed by atoms with van der Waals surface area (Å²) in [5.74, 6) is -0.155. The number of rotatable bonds is 5. The fourth-order valence-electron chi connectivity index (χ4n) is 1.72. The number of aliphatic hydroxyl groups is 1. The van der Waals surface area contributed by atoms with Crippen LogP contribution in [0.3, 0.4) is 0 Å². The van der Waals surface area contributed by atoms with Gasteiger partial charge >= 0.3 is 0 Å². The predicted molar refractivity (Wildman–Crippen MR) is 76.4 cm³/mol. The highest BCUT2D eigenvalue weighted by Crippen LogP contribution is 2.22. The van der Waals surface area contributed by atoms with Crippen LogP contribution in [0.25, 0.3) is 0 Å². The van der Waals surface area contributed by atoms with Crippen molar-refractivity contribution in [3.05, 3.63) is 23.3 Å². The molecule has 5 nitrogen and oxygen atoms in total. The summed E-state index contributed by atoms with van der Waals surface area (Å²) in [5, 5.41) is 9.06. The first-order valence-corrected chi connectivity index (χ1v) is 7.67. The van der Waals surface area contributed by atoms with Crippen molar-refractivity contribution in [2.24, 2.45) is 5.92 Å². The number of hydrogen-bond donors (Lipinski definition) is 3. The second-order valence-corrected chi connectivity index (χ2v) is 6.71. The van der Waals surface area contributed by atoms with Crippen LogP contribution in [0.15, 0.2) is 17.0 Å². The van der Waals surface area contributed by atoms with E-state index in [0.717, 1.165) is 5.56 Å². The average Bonchev–Trinajstić information content (AvgIpc) is 2.31. The Balaban J connectivity index is 3.14. The zero-order chi connectivity index (χ0) is 14.8. The Morgan fingerprint density at radius 3 is 2.42 bits per heavy atom. The first-order valence-electron chi connectivity index (χ1n) is 6.19. The molecule has 19 heavy (non-hydrogen) atoms. The number of nitrogens with one attached hydrogen (secondary N) is 1. The average molecular weight is 286 g/mol. The monoisotopic (exact) mass is 286 g/mol. The maximum atomic E-state index is 12.3. The van der Waals surface area contributed by atoms with E-state index in [2.05, 4.69) is 4.72 Å². The molecule has 0 saturated heterocycles. The van der Waals surface area contributed by atoms with E-state index in [1.807, 2.05) is 6.92 Å².